The van der Waals surface area contributed by atoms with Gasteiger partial charge in [0.15, 0.2) is 0 Å². The van der Waals surface area contributed by atoms with Crippen LogP contribution < -0.4 is 5.32 Å². The summed E-state index contributed by atoms with van der Waals surface area (Å²) < 4.78 is 47.4. The number of rotatable bonds is 7. The molecule has 0 bridgehead atoms. The molecule has 14 heteroatoms. The van der Waals surface area contributed by atoms with E-state index in [0.717, 1.165) is 16.2 Å². The number of benzene rings is 2. The van der Waals surface area contributed by atoms with Gasteiger partial charge in [-0.05, 0) is 48.1 Å². The van der Waals surface area contributed by atoms with Crippen molar-refractivity contribution in [1.82, 2.24) is 24.5 Å². The number of nitrogens with zero attached hydrogens (tertiary/aromatic N) is 5. The third kappa shape index (κ3) is 6.32. The summed E-state index contributed by atoms with van der Waals surface area (Å²) in [6.07, 6.45) is -1.54. The minimum atomic E-state index is -4.61. The monoisotopic (exact) mass is 646 g/mol. The molecular formula is C31H34ClF3N6O4. The van der Waals surface area contributed by atoms with E-state index in [4.69, 9.17) is 16.3 Å². The number of carbonyl (C=O) groups excluding carboxylic acids is 3. The quantitative estimate of drug-likeness (QED) is 0.398. The van der Waals surface area contributed by atoms with Crippen LogP contribution in [-0.4, -0.2) is 94.4 Å². The van der Waals surface area contributed by atoms with Crippen molar-refractivity contribution in [3.63, 3.8) is 0 Å². The molecule has 4 amide bonds. The number of methoxy groups -OCH3 is 1. The van der Waals surface area contributed by atoms with E-state index in [1.807, 2.05) is 29.2 Å². The molecule has 1 saturated heterocycles. The molecule has 10 nitrogen and oxygen atoms in total. The van der Waals surface area contributed by atoms with Crippen LogP contribution in [0.2, 0.25) is 5.02 Å². The Morgan fingerprint density at radius 3 is 2.64 bits per heavy atom. The van der Waals surface area contributed by atoms with E-state index in [1.165, 1.54) is 0 Å². The molecule has 3 aliphatic rings. The number of anilines is 1. The summed E-state index contributed by atoms with van der Waals surface area (Å²) in [5, 5.41) is 8.19. The first-order valence-corrected chi connectivity index (χ1v) is 15.4. The number of piperidine rings is 1. The third-order valence-corrected chi connectivity index (χ3v) is 9.30. The SMILES string of the molecule is COCCn1ncc2c3c(cc(Cl)c21)C(CC(=O)N1CCC(N2CCc4ccccc4NC2=O)CC1)C(=O)N(CC(F)(F)F)C3. The van der Waals surface area contributed by atoms with Crippen LogP contribution in [0, 0.1) is 0 Å². The molecule has 0 radical (unpaired) electrons. The Morgan fingerprint density at radius 2 is 1.91 bits per heavy atom. The number of para-hydroxylation sites is 1. The van der Waals surface area contributed by atoms with E-state index >= 15 is 0 Å². The highest BCUT2D eigenvalue weighted by Gasteiger charge is 2.42. The average Bonchev–Trinajstić information content (AvgIpc) is 3.36. The fourth-order valence-corrected chi connectivity index (χ4v) is 7.10. The molecule has 1 N–H and O–H groups in total. The summed E-state index contributed by atoms with van der Waals surface area (Å²) in [6.45, 7) is 0.334. The zero-order chi connectivity index (χ0) is 31.9. The molecule has 1 aromatic heterocycles. The second-order valence-electron chi connectivity index (χ2n) is 11.8. The van der Waals surface area contributed by atoms with Crippen LogP contribution in [0.3, 0.4) is 0 Å². The number of halogens is 4. The van der Waals surface area contributed by atoms with Crippen molar-refractivity contribution in [2.75, 3.05) is 45.2 Å². The van der Waals surface area contributed by atoms with Crippen LogP contribution in [0.1, 0.15) is 41.9 Å². The van der Waals surface area contributed by atoms with E-state index in [-0.39, 0.29) is 30.9 Å². The standard InChI is InChI=1S/C31H34ClF3N6O4/c1-45-13-12-41-28-23(16-36-41)24-17-39(18-31(33,34)35)29(43)22(21(24)14-25(28)32)15-27(42)38-9-7-20(8-10-38)40-11-6-19-4-2-3-5-26(19)37-30(40)44/h2-5,14,16,20,22H,6-13,15,17-18H2,1H3,(H,37,44). The second-order valence-corrected chi connectivity index (χ2v) is 12.2. The molecular weight excluding hydrogens is 613 g/mol. The number of amides is 4. The first kappa shape index (κ1) is 31.2. The van der Waals surface area contributed by atoms with Crippen LogP contribution in [0.15, 0.2) is 36.5 Å². The van der Waals surface area contributed by atoms with Crippen LogP contribution in [0.4, 0.5) is 23.7 Å². The Morgan fingerprint density at radius 1 is 1.16 bits per heavy atom. The van der Waals surface area contributed by atoms with Gasteiger partial charge in [-0.25, -0.2) is 4.79 Å². The number of carbonyl (C=O) groups is 3. The Hall–Kier alpha value is -3.84. The first-order chi connectivity index (χ1) is 21.5. The number of urea groups is 1. The van der Waals surface area contributed by atoms with Crippen LogP contribution in [0.25, 0.3) is 10.9 Å². The minimum absolute atomic E-state index is 0.0654. The maximum atomic E-state index is 13.6. The number of aromatic nitrogens is 2. The van der Waals surface area contributed by atoms with E-state index in [0.29, 0.717) is 79.1 Å². The lowest BCUT2D eigenvalue weighted by molar-refractivity contribution is -0.165. The smallest absolute Gasteiger partial charge is 0.383 e. The van der Waals surface area contributed by atoms with E-state index in [1.54, 1.807) is 29.0 Å². The molecule has 2 aromatic carbocycles. The fraction of sp³-hybridized carbons (Fsp3) is 0.484. The Labute approximate surface area is 263 Å². The maximum Gasteiger partial charge on any atom is 0.406 e. The van der Waals surface area contributed by atoms with Crippen molar-refractivity contribution in [3.8, 4) is 0 Å². The van der Waals surface area contributed by atoms with Gasteiger partial charge in [0.1, 0.15) is 6.54 Å². The van der Waals surface area contributed by atoms with Crippen molar-refractivity contribution in [1.29, 1.82) is 0 Å². The van der Waals surface area contributed by atoms with Gasteiger partial charge in [0, 0.05) is 56.8 Å². The van der Waals surface area contributed by atoms with Crippen LogP contribution in [-0.2, 0) is 33.8 Å². The maximum absolute atomic E-state index is 13.6. The molecule has 3 aliphatic heterocycles. The van der Waals surface area contributed by atoms with Gasteiger partial charge in [-0.15, -0.1) is 0 Å². The molecule has 3 aromatic rings. The van der Waals surface area contributed by atoms with Gasteiger partial charge in [-0.1, -0.05) is 29.8 Å². The lowest BCUT2D eigenvalue weighted by Crippen LogP contribution is -2.50. The van der Waals surface area contributed by atoms with Crippen LogP contribution >= 0.6 is 11.6 Å². The molecule has 0 aliphatic carbocycles. The lowest BCUT2D eigenvalue weighted by atomic mass is 9.84. The molecule has 0 spiro atoms. The van der Waals surface area contributed by atoms with Gasteiger partial charge < -0.3 is 24.8 Å². The number of nitrogens with one attached hydrogen (secondary N) is 1. The van der Waals surface area contributed by atoms with Crippen molar-refractivity contribution < 1.29 is 32.3 Å². The van der Waals surface area contributed by atoms with E-state index < -0.39 is 24.5 Å². The number of likely N-dealkylation sites (tertiary alicyclic amines) is 1. The normalized spacial score (nSPS) is 19.4. The van der Waals surface area contributed by atoms with E-state index in [9.17, 15) is 27.6 Å². The number of fused-ring (bicyclic) bond motifs is 4. The van der Waals surface area contributed by atoms with Crippen molar-refractivity contribution in [3.05, 3.63) is 58.2 Å². The Balaban J connectivity index is 1.20. The molecule has 240 valence electrons. The largest absolute Gasteiger partial charge is 0.406 e. The van der Waals surface area contributed by atoms with Crippen molar-refractivity contribution >= 4 is 46.0 Å². The van der Waals surface area contributed by atoms with Gasteiger partial charge in [0.05, 0.1) is 35.8 Å². The van der Waals surface area contributed by atoms with Gasteiger partial charge in [-0.3, -0.25) is 14.3 Å². The third-order valence-electron chi connectivity index (χ3n) is 9.01. The summed E-state index contributed by atoms with van der Waals surface area (Å²) in [5.74, 6) is -2.21. The number of ether oxygens (including phenoxy) is 1. The molecule has 45 heavy (non-hydrogen) atoms. The van der Waals surface area contributed by atoms with Gasteiger partial charge in [-0.2, -0.15) is 18.3 Å². The highest BCUT2D eigenvalue weighted by Crippen LogP contribution is 2.41. The summed E-state index contributed by atoms with van der Waals surface area (Å²) in [5.41, 5.74) is 3.37. The van der Waals surface area contributed by atoms with Crippen LogP contribution in [0.5, 0.6) is 0 Å². The minimum Gasteiger partial charge on any atom is -0.383 e. The Kier molecular flexibility index (Phi) is 8.66. The summed E-state index contributed by atoms with van der Waals surface area (Å²) in [7, 11) is 1.55. The van der Waals surface area contributed by atoms with Crippen molar-refractivity contribution in [2.24, 2.45) is 0 Å². The number of alkyl halides is 3. The van der Waals surface area contributed by atoms with Crippen molar-refractivity contribution in [2.45, 2.75) is 56.9 Å². The topological polar surface area (TPSA) is 100 Å². The molecule has 1 atom stereocenters. The molecule has 1 unspecified atom stereocenters. The summed E-state index contributed by atoms with van der Waals surface area (Å²) in [4.78, 5) is 44.4. The van der Waals surface area contributed by atoms with Gasteiger partial charge in [0.2, 0.25) is 11.8 Å². The van der Waals surface area contributed by atoms with E-state index in [2.05, 4.69) is 10.4 Å². The molecule has 0 saturated carbocycles. The number of hydrogen-bond donors (Lipinski definition) is 1. The number of hydrogen-bond acceptors (Lipinski definition) is 5. The molecule has 4 heterocycles. The molecule has 1 fully saturated rings. The molecule has 6 rings (SSSR count). The second kappa shape index (κ2) is 12.5. The van der Waals surface area contributed by atoms with Gasteiger partial charge >= 0.3 is 12.2 Å². The predicted molar refractivity (Wildman–Crippen MR) is 161 cm³/mol. The zero-order valence-electron chi connectivity index (χ0n) is 24.8. The average molecular weight is 647 g/mol. The fourth-order valence-electron chi connectivity index (χ4n) is 6.78. The first-order valence-electron chi connectivity index (χ1n) is 15.0. The highest BCUT2D eigenvalue weighted by molar-refractivity contribution is 6.35. The highest BCUT2D eigenvalue weighted by atomic mass is 35.5. The van der Waals surface area contributed by atoms with Gasteiger partial charge in [0.25, 0.3) is 0 Å². The Bertz CT molecular complexity index is 1620. The predicted octanol–water partition coefficient (Wildman–Crippen LogP) is 4.80. The summed E-state index contributed by atoms with van der Waals surface area (Å²) in [6, 6.07) is 9.04. The lowest BCUT2D eigenvalue weighted by Gasteiger charge is -2.39. The summed E-state index contributed by atoms with van der Waals surface area (Å²) >= 11 is 6.66. The zero-order valence-corrected chi connectivity index (χ0v) is 25.5.